The molecular formula is C10H15ClN4O. The lowest BCUT2D eigenvalue weighted by Crippen LogP contribution is -2.31. The summed E-state index contributed by atoms with van der Waals surface area (Å²) in [4.78, 5) is 19.2. The van der Waals surface area contributed by atoms with E-state index in [1.165, 1.54) is 6.20 Å². The van der Waals surface area contributed by atoms with Gasteiger partial charge in [-0.3, -0.25) is 4.79 Å². The van der Waals surface area contributed by atoms with E-state index in [1.54, 1.807) is 6.20 Å². The molecule has 1 rings (SSSR count). The highest BCUT2D eigenvalue weighted by Gasteiger charge is 2.04. The first kappa shape index (κ1) is 12.7. The fourth-order valence-electron chi connectivity index (χ4n) is 1.13. The van der Waals surface area contributed by atoms with Gasteiger partial charge in [0, 0.05) is 31.4 Å². The zero-order chi connectivity index (χ0) is 12.0. The van der Waals surface area contributed by atoms with Crippen LogP contribution in [-0.2, 0) is 4.79 Å². The van der Waals surface area contributed by atoms with Gasteiger partial charge in [0.25, 0.3) is 0 Å². The van der Waals surface area contributed by atoms with Crippen molar-refractivity contribution in [2.45, 2.75) is 26.3 Å². The molecule has 0 bridgehead atoms. The molecule has 0 saturated heterocycles. The van der Waals surface area contributed by atoms with Gasteiger partial charge in [-0.1, -0.05) is 11.6 Å². The monoisotopic (exact) mass is 242 g/mol. The van der Waals surface area contributed by atoms with Gasteiger partial charge < -0.3 is 10.6 Å². The summed E-state index contributed by atoms with van der Waals surface area (Å²) in [6.07, 6.45) is 3.44. The van der Waals surface area contributed by atoms with Crippen LogP contribution in [0.3, 0.4) is 0 Å². The van der Waals surface area contributed by atoms with Crippen LogP contribution in [0.15, 0.2) is 12.4 Å². The number of nitrogens with zero attached hydrogens (tertiary/aromatic N) is 2. The summed E-state index contributed by atoms with van der Waals surface area (Å²) >= 11 is 5.79. The molecule has 0 aromatic carbocycles. The predicted octanol–water partition coefficient (Wildman–Crippen LogP) is 1.46. The van der Waals surface area contributed by atoms with E-state index in [0.717, 1.165) is 0 Å². The van der Waals surface area contributed by atoms with Crippen LogP contribution < -0.4 is 10.6 Å². The van der Waals surface area contributed by atoms with Crippen molar-refractivity contribution in [1.82, 2.24) is 15.3 Å². The number of halogens is 1. The minimum Gasteiger partial charge on any atom is -0.367 e. The van der Waals surface area contributed by atoms with Crippen molar-refractivity contribution in [2.75, 3.05) is 11.9 Å². The lowest BCUT2D eigenvalue weighted by atomic mass is 10.3. The maximum Gasteiger partial charge on any atom is 0.221 e. The number of carbonyl (C=O) groups is 1. The minimum absolute atomic E-state index is 0.00233. The maximum atomic E-state index is 11.3. The third kappa shape index (κ3) is 4.44. The van der Waals surface area contributed by atoms with Gasteiger partial charge in [-0.2, -0.15) is 0 Å². The zero-order valence-electron chi connectivity index (χ0n) is 9.33. The molecule has 0 aliphatic rings. The summed E-state index contributed by atoms with van der Waals surface area (Å²) in [6.45, 7) is 4.33. The first-order valence-corrected chi connectivity index (χ1v) is 5.47. The summed E-state index contributed by atoms with van der Waals surface area (Å²) in [5, 5.41) is 6.06. The number of carbonyl (C=O) groups excluding carboxylic acids is 1. The van der Waals surface area contributed by atoms with Crippen LogP contribution >= 0.6 is 11.6 Å². The molecule has 0 aliphatic heterocycles. The Labute approximate surface area is 99.6 Å². The quantitative estimate of drug-likeness (QED) is 0.820. The first-order valence-electron chi connectivity index (χ1n) is 5.09. The Kier molecular flexibility index (Phi) is 4.98. The second-order valence-electron chi connectivity index (χ2n) is 3.59. The molecule has 0 atom stereocenters. The molecule has 0 fully saturated rings. The number of aromatic nitrogens is 2. The molecule has 1 aromatic heterocycles. The van der Waals surface area contributed by atoms with Gasteiger partial charge in [0.15, 0.2) is 11.0 Å². The maximum absolute atomic E-state index is 11.3. The fourth-order valence-corrected chi connectivity index (χ4v) is 1.30. The van der Waals surface area contributed by atoms with Crippen LogP contribution in [0.4, 0.5) is 5.82 Å². The summed E-state index contributed by atoms with van der Waals surface area (Å²) in [5.41, 5.74) is 0. The van der Waals surface area contributed by atoms with Gasteiger partial charge in [0.2, 0.25) is 5.91 Å². The Morgan fingerprint density at radius 3 is 2.75 bits per heavy atom. The van der Waals surface area contributed by atoms with Crippen LogP contribution in [0.25, 0.3) is 0 Å². The van der Waals surface area contributed by atoms with E-state index in [4.69, 9.17) is 11.6 Å². The van der Waals surface area contributed by atoms with E-state index in [0.29, 0.717) is 23.9 Å². The number of amides is 1. The van der Waals surface area contributed by atoms with Gasteiger partial charge in [-0.05, 0) is 13.8 Å². The second kappa shape index (κ2) is 6.27. The molecule has 6 heteroatoms. The van der Waals surface area contributed by atoms with Gasteiger partial charge in [0.05, 0.1) is 0 Å². The number of hydrogen-bond acceptors (Lipinski definition) is 4. The molecule has 0 aliphatic carbocycles. The molecule has 1 aromatic rings. The van der Waals surface area contributed by atoms with Crippen molar-refractivity contribution in [1.29, 1.82) is 0 Å². The topological polar surface area (TPSA) is 66.9 Å². The van der Waals surface area contributed by atoms with E-state index in [2.05, 4.69) is 20.6 Å². The molecule has 0 spiro atoms. The SMILES string of the molecule is CC(C)NC(=O)CCNc1nccnc1Cl. The molecule has 2 N–H and O–H groups in total. The third-order valence-corrected chi connectivity index (χ3v) is 2.02. The van der Waals surface area contributed by atoms with E-state index in [1.807, 2.05) is 13.8 Å². The Morgan fingerprint density at radius 2 is 2.12 bits per heavy atom. The molecule has 88 valence electrons. The first-order chi connectivity index (χ1) is 7.59. The van der Waals surface area contributed by atoms with Crippen LogP contribution in [0.1, 0.15) is 20.3 Å². The number of hydrogen-bond donors (Lipinski definition) is 2. The normalized spacial score (nSPS) is 10.2. The highest BCUT2D eigenvalue weighted by atomic mass is 35.5. The van der Waals surface area contributed by atoms with Crippen molar-refractivity contribution < 1.29 is 4.79 Å². The zero-order valence-corrected chi connectivity index (χ0v) is 10.1. The third-order valence-electron chi connectivity index (χ3n) is 1.75. The molecule has 5 nitrogen and oxygen atoms in total. The van der Waals surface area contributed by atoms with E-state index < -0.39 is 0 Å². The predicted molar refractivity (Wildman–Crippen MR) is 63.4 cm³/mol. The molecule has 0 unspecified atom stereocenters. The Balaban J connectivity index is 2.31. The summed E-state index contributed by atoms with van der Waals surface area (Å²) in [6, 6.07) is 0.160. The summed E-state index contributed by atoms with van der Waals surface area (Å²) in [7, 11) is 0. The Bertz CT molecular complexity index is 356. The minimum atomic E-state index is 0.00233. The van der Waals surface area contributed by atoms with Gasteiger partial charge in [-0.25, -0.2) is 9.97 Å². The molecule has 1 heterocycles. The highest BCUT2D eigenvalue weighted by molar-refractivity contribution is 6.31. The lowest BCUT2D eigenvalue weighted by molar-refractivity contribution is -0.121. The standard InChI is InChI=1S/C10H15ClN4O/c1-7(2)15-8(16)3-4-13-10-9(11)12-5-6-14-10/h5-7H,3-4H2,1-2H3,(H,13,14)(H,15,16). The van der Waals surface area contributed by atoms with Gasteiger partial charge in [-0.15, -0.1) is 0 Å². The molecule has 0 radical (unpaired) electrons. The van der Waals surface area contributed by atoms with Crippen molar-refractivity contribution >= 4 is 23.3 Å². The van der Waals surface area contributed by atoms with Crippen LogP contribution in [0.2, 0.25) is 5.15 Å². The molecule has 1 amide bonds. The van der Waals surface area contributed by atoms with E-state index in [9.17, 15) is 4.79 Å². The second-order valence-corrected chi connectivity index (χ2v) is 3.95. The van der Waals surface area contributed by atoms with Crippen molar-refractivity contribution in [3.63, 3.8) is 0 Å². The van der Waals surface area contributed by atoms with Crippen LogP contribution in [0.5, 0.6) is 0 Å². The molecular weight excluding hydrogens is 228 g/mol. The summed E-state index contributed by atoms with van der Waals surface area (Å²) in [5.74, 6) is 0.504. The molecule has 0 saturated carbocycles. The summed E-state index contributed by atoms with van der Waals surface area (Å²) < 4.78 is 0. The fraction of sp³-hybridized carbons (Fsp3) is 0.500. The van der Waals surface area contributed by atoms with Crippen molar-refractivity contribution in [3.8, 4) is 0 Å². The highest BCUT2D eigenvalue weighted by Crippen LogP contribution is 2.13. The number of anilines is 1. The number of rotatable bonds is 5. The van der Waals surface area contributed by atoms with Gasteiger partial charge >= 0.3 is 0 Å². The van der Waals surface area contributed by atoms with E-state index in [-0.39, 0.29) is 11.9 Å². The smallest absolute Gasteiger partial charge is 0.221 e. The Morgan fingerprint density at radius 1 is 1.44 bits per heavy atom. The van der Waals surface area contributed by atoms with Crippen molar-refractivity contribution in [2.24, 2.45) is 0 Å². The van der Waals surface area contributed by atoms with E-state index >= 15 is 0 Å². The van der Waals surface area contributed by atoms with Gasteiger partial charge in [0.1, 0.15) is 0 Å². The lowest BCUT2D eigenvalue weighted by Gasteiger charge is -2.09. The Hall–Kier alpha value is -1.36. The average Bonchev–Trinajstić information content (AvgIpc) is 2.19. The van der Waals surface area contributed by atoms with Crippen LogP contribution in [0, 0.1) is 0 Å². The largest absolute Gasteiger partial charge is 0.367 e. The number of nitrogens with one attached hydrogen (secondary N) is 2. The van der Waals surface area contributed by atoms with Crippen LogP contribution in [-0.4, -0.2) is 28.5 Å². The average molecular weight is 243 g/mol. The van der Waals surface area contributed by atoms with Crippen molar-refractivity contribution in [3.05, 3.63) is 17.5 Å². The molecule has 16 heavy (non-hydrogen) atoms.